The van der Waals surface area contributed by atoms with E-state index in [-0.39, 0.29) is 5.75 Å². The van der Waals surface area contributed by atoms with Gasteiger partial charge in [-0.3, -0.25) is 9.59 Å². The number of nitrogens with one attached hydrogen (secondary N) is 2. The van der Waals surface area contributed by atoms with Crippen LogP contribution in [0.2, 0.25) is 5.02 Å². The lowest BCUT2D eigenvalue weighted by Gasteiger charge is -2.11. The SMILES string of the molecule is Cc1cc(C)c(NC(=O)C(=O)Nc2cccc(O)c2)c(Cl)c1. The van der Waals surface area contributed by atoms with Crippen molar-refractivity contribution in [3.05, 3.63) is 52.5 Å². The van der Waals surface area contributed by atoms with Crippen LogP contribution in [0.5, 0.6) is 5.75 Å². The fourth-order valence-electron chi connectivity index (χ4n) is 2.02. The third kappa shape index (κ3) is 3.77. The maximum Gasteiger partial charge on any atom is 0.314 e. The van der Waals surface area contributed by atoms with Gasteiger partial charge >= 0.3 is 11.8 Å². The monoisotopic (exact) mass is 318 g/mol. The third-order valence-electron chi connectivity index (χ3n) is 2.98. The molecule has 0 aromatic heterocycles. The van der Waals surface area contributed by atoms with Crippen molar-refractivity contribution in [2.75, 3.05) is 10.6 Å². The van der Waals surface area contributed by atoms with E-state index in [0.717, 1.165) is 11.1 Å². The summed E-state index contributed by atoms with van der Waals surface area (Å²) in [6, 6.07) is 9.49. The number of phenolic OH excluding ortho intramolecular Hbond substituents is 1. The Bertz CT molecular complexity index is 721. The van der Waals surface area contributed by atoms with Gasteiger partial charge in [-0.2, -0.15) is 0 Å². The van der Waals surface area contributed by atoms with Crippen molar-refractivity contribution in [1.82, 2.24) is 0 Å². The molecule has 0 atom stereocenters. The third-order valence-corrected chi connectivity index (χ3v) is 3.28. The Morgan fingerprint density at radius 2 is 1.73 bits per heavy atom. The largest absolute Gasteiger partial charge is 0.508 e. The van der Waals surface area contributed by atoms with E-state index in [1.807, 2.05) is 13.0 Å². The van der Waals surface area contributed by atoms with Crippen LogP contribution in [0, 0.1) is 13.8 Å². The van der Waals surface area contributed by atoms with E-state index in [9.17, 15) is 14.7 Å². The van der Waals surface area contributed by atoms with E-state index in [0.29, 0.717) is 16.4 Å². The van der Waals surface area contributed by atoms with E-state index >= 15 is 0 Å². The molecule has 0 aliphatic heterocycles. The number of phenols is 1. The molecule has 22 heavy (non-hydrogen) atoms. The molecule has 0 aliphatic carbocycles. The van der Waals surface area contributed by atoms with E-state index in [1.165, 1.54) is 12.1 Å². The number of carbonyl (C=O) groups excluding carboxylic acids is 2. The molecular formula is C16H15ClN2O3. The predicted octanol–water partition coefficient (Wildman–Crippen LogP) is 3.24. The molecule has 0 bridgehead atoms. The standard InChI is InChI=1S/C16H15ClN2O3/c1-9-6-10(2)14(13(17)7-9)19-16(22)15(21)18-11-4-3-5-12(20)8-11/h3-8,20H,1-2H3,(H,18,21)(H,19,22). The summed E-state index contributed by atoms with van der Waals surface area (Å²) in [6.07, 6.45) is 0. The number of carbonyl (C=O) groups is 2. The van der Waals surface area contributed by atoms with Crippen molar-refractivity contribution < 1.29 is 14.7 Å². The first-order valence-corrected chi connectivity index (χ1v) is 6.92. The summed E-state index contributed by atoms with van der Waals surface area (Å²) < 4.78 is 0. The number of halogens is 1. The van der Waals surface area contributed by atoms with Crippen LogP contribution >= 0.6 is 11.6 Å². The van der Waals surface area contributed by atoms with Crippen molar-refractivity contribution in [2.45, 2.75) is 13.8 Å². The van der Waals surface area contributed by atoms with Crippen molar-refractivity contribution in [2.24, 2.45) is 0 Å². The number of aromatic hydroxyl groups is 1. The van der Waals surface area contributed by atoms with Crippen molar-refractivity contribution in [3.8, 4) is 5.75 Å². The molecule has 0 saturated carbocycles. The fourth-order valence-corrected chi connectivity index (χ4v) is 2.38. The van der Waals surface area contributed by atoms with Crippen LogP contribution in [-0.2, 0) is 9.59 Å². The van der Waals surface area contributed by atoms with Crippen LogP contribution < -0.4 is 10.6 Å². The van der Waals surface area contributed by atoms with Gasteiger partial charge in [0.15, 0.2) is 0 Å². The molecule has 2 aromatic rings. The zero-order valence-corrected chi connectivity index (χ0v) is 12.9. The molecular weight excluding hydrogens is 304 g/mol. The highest BCUT2D eigenvalue weighted by Gasteiger charge is 2.17. The van der Waals surface area contributed by atoms with Gasteiger partial charge in [0.1, 0.15) is 5.75 Å². The second kappa shape index (κ2) is 6.49. The molecule has 0 radical (unpaired) electrons. The molecule has 5 nitrogen and oxygen atoms in total. The zero-order chi connectivity index (χ0) is 16.3. The summed E-state index contributed by atoms with van der Waals surface area (Å²) >= 11 is 6.09. The number of amides is 2. The average molecular weight is 319 g/mol. The molecule has 2 aromatic carbocycles. The van der Waals surface area contributed by atoms with Crippen LogP contribution in [-0.4, -0.2) is 16.9 Å². The number of anilines is 2. The topological polar surface area (TPSA) is 78.4 Å². The molecule has 114 valence electrons. The molecule has 2 rings (SSSR count). The van der Waals surface area contributed by atoms with Gasteiger partial charge in [0, 0.05) is 11.8 Å². The smallest absolute Gasteiger partial charge is 0.314 e. The van der Waals surface area contributed by atoms with Gasteiger partial charge in [0.25, 0.3) is 0 Å². The van der Waals surface area contributed by atoms with E-state index in [1.54, 1.807) is 25.1 Å². The van der Waals surface area contributed by atoms with E-state index in [4.69, 9.17) is 11.6 Å². The lowest BCUT2D eigenvalue weighted by Crippen LogP contribution is -2.29. The first-order chi connectivity index (χ1) is 10.4. The minimum Gasteiger partial charge on any atom is -0.508 e. The normalized spacial score (nSPS) is 10.1. The first kappa shape index (κ1) is 15.9. The first-order valence-electron chi connectivity index (χ1n) is 6.55. The maximum absolute atomic E-state index is 11.9. The Hall–Kier alpha value is -2.53. The van der Waals surface area contributed by atoms with Crippen molar-refractivity contribution in [1.29, 1.82) is 0 Å². The summed E-state index contributed by atoms with van der Waals surface area (Å²) in [4.78, 5) is 23.8. The molecule has 6 heteroatoms. The van der Waals surface area contributed by atoms with Crippen LogP contribution in [0.15, 0.2) is 36.4 Å². The van der Waals surface area contributed by atoms with Crippen molar-refractivity contribution in [3.63, 3.8) is 0 Å². The minimum atomic E-state index is -0.846. The minimum absolute atomic E-state index is 0.00404. The van der Waals surface area contributed by atoms with Crippen LogP contribution in [0.4, 0.5) is 11.4 Å². The summed E-state index contributed by atoms with van der Waals surface area (Å²) in [5, 5.41) is 14.6. The molecule has 0 fully saturated rings. The van der Waals surface area contributed by atoms with Gasteiger partial charge in [-0.1, -0.05) is 23.7 Å². The molecule has 0 spiro atoms. The number of aryl methyl sites for hydroxylation is 2. The van der Waals surface area contributed by atoms with Crippen LogP contribution in [0.1, 0.15) is 11.1 Å². The van der Waals surface area contributed by atoms with Gasteiger partial charge in [-0.15, -0.1) is 0 Å². The van der Waals surface area contributed by atoms with Gasteiger partial charge in [0.2, 0.25) is 0 Å². The predicted molar refractivity (Wildman–Crippen MR) is 86.3 cm³/mol. The summed E-state index contributed by atoms with van der Waals surface area (Å²) in [6.45, 7) is 3.68. The van der Waals surface area contributed by atoms with Gasteiger partial charge in [0.05, 0.1) is 10.7 Å². The molecule has 0 unspecified atom stereocenters. The Kier molecular flexibility index (Phi) is 4.68. The summed E-state index contributed by atoms with van der Waals surface area (Å²) in [7, 11) is 0. The molecule has 3 N–H and O–H groups in total. The number of benzene rings is 2. The second-order valence-electron chi connectivity index (χ2n) is 4.90. The highest BCUT2D eigenvalue weighted by atomic mass is 35.5. The lowest BCUT2D eigenvalue weighted by atomic mass is 10.1. The Morgan fingerprint density at radius 1 is 1.05 bits per heavy atom. The molecule has 0 heterocycles. The second-order valence-corrected chi connectivity index (χ2v) is 5.30. The highest BCUT2D eigenvalue weighted by molar-refractivity contribution is 6.45. The molecule has 0 saturated heterocycles. The van der Waals surface area contributed by atoms with Crippen LogP contribution in [0.3, 0.4) is 0 Å². The number of hydrogen-bond donors (Lipinski definition) is 3. The number of rotatable bonds is 2. The highest BCUT2D eigenvalue weighted by Crippen LogP contribution is 2.27. The summed E-state index contributed by atoms with van der Waals surface area (Å²) in [5.74, 6) is -1.69. The Morgan fingerprint density at radius 3 is 2.36 bits per heavy atom. The number of hydrogen-bond acceptors (Lipinski definition) is 3. The Balaban J connectivity index is 2.11. The van der Waals surface area contributed by atoms with E-state index in [2.05, 4.69) is 10.6 Å². The van der Waals surface area contributed by atoms with Crippen molar-refractivity contribution >= 4 is 34.8 Å². The van der Waals surface area contributed by atoms with Gasteiger partial charge in [-0.05, 0) is 43.2 Å². The lowest BCUT2D eigenvalue weighted by molar-refractivity contribution is -0.133. The quantitative estimate of drug-likeness (QED) is 0.744. The maximum atomic E-state index is 11.9. The van der Waals surface area contributed by atoms with E-state index < -0.39 is 11.8 Å². The van der Waals surface area contributed by atoms with Gasteiger partial charge in [-0.25, -0.2) is 0 Å². The molecule has 0 aliphatic rings. The van der Waals surface area contributed by atoms with Gasteiger partial charge < -0.3 is 15.7 Å². The zero-order valence-electron chi connectivity index (χ0n) is 12.1. The molecule has 2 amide bonds. The average Bonchev–Trinajstić information content (AvgIpc) is 2.42. The summed E-state index contributed by atoms with van der Waals surface area (Å²) in [5.41, 5.74) is 2.46. The van der Waals surface area contributed by atoms with Crippen LogP contribution in [0.25, 0.3) is 0 Å². The fraction of sp³-hybridized carbons (Fsp3) is 0.125. The Labute approximate surface area is 132 Å².